The molecule has 0 bridgehead atoms. The van der Waals surface area contributed by atoms with Gasteiger partial charge < -0.3 is 4.90 Å². The van der Waals surface area contributed by atoms with Crippen molar-refractivity contribution in [2.75, 3.05) is 18.6 Å². The summed E-state index contributed by atoms with van der Waals surface area (Å²) in [5.74, 6) is -0.261. The van der Waals surface area contributed by atoms with Gasteiger partial charge in [-0.15, -0.1) is 0 Å². The predicted octanol–water partition coefficient (Wildman–Crippen LogP) is 2.67. The molecule has 2 heterocycles. The highest BCUT2D eigenvalue weighted by Crippen LogP contribution is 2.27. The second-order valence-electron chi connectivity index (χ2n) is 7.23. The third kappa shape index (κ3) is 4.49. The van der Waals surface area contributed by atoms with Gasteiger partial charge >= 0.3 is 0 Å². The maximum absolute atomic E-state index is 13.2. The van der Waals surface area contributed by atoms with Gasteiger partial charge in [-0.25, -0.2) is 12.8 Å². The van der Waals surface area contributed by atoms with Gasteiger partial charge in [-0.2, -0.15) is 5.10 Å². The molecule has 1 saturated heterocycles. The van der Waals surface area contributed by atoms with Gasteiger partial charge in [0.05, 0.1) is 23.2 Å². The second kappa shape index (κ2) is 7.87. The molecule has 0 spiro atoms. The first kappa shape index (κ1) is 20.3. The highest BCUT2D eigenvalue weighted by molar-refractivity contribution is 7.91. The Labute approximate surface area is 164 Å². The number of rotatable bonds is 5. The lowest BCUT2D eigenvalue weighted by Crippen LogP contribution is -2.24. The Hall–Kier alpha value is -2.48. The van der Waals surface area contributed by atoms with Crippen LogP contribution in [-0.4, -0.2) is 47.6 Å². The molecule has 3 rings (SSSR count). The quantitative estimate of drug-likeness (QED) is 0.717. The third-order valence-electron chi connectivity index (χ3n) is 5.07. The lowest BCUT2D eigenvalue weighted by atomic mass is 10.1. The van der Waals surface area contributed by atoms with Crippen LogP contribution in [0.3, 0.4) is 0 Å². The number of nitrogens with zero attached hydrogens (tertiary/aromatic N) is 3. The molecule has 1 aromatic heterocycles. The monoisotopic (exact) mass is 405 g/mol. The largest absolute Gasteiger partial charge is 0.338 e. The summed E-state index contributed by atoms with van der Waals surface area (Å²) >= 11 is 0. The smallest absolute Gasteiger partial charge is 0.246 e. The maximum atomic E-state index is 13.2. The van der Waals surface area contributed by atoms with Crippen molar-refractivity contribution in [2.45, 2.75) is 32.9 Å². The summed E-state index contributed by atoms with van der Waals surface area (Å²) in [5.41, 5.74) is 3.20. The SMILES string of the molecule is Cc1nn([C@H]2CCS(=O)(=O)C2)c(C)c1CN(C)C(=O)/C=C/c1cccc(F)c1. The molecule has 6 nitrogen and oxygen atoms in total. The molecule has 150 valence electrons. The summed E-state index contributed by atoms with van der Waals surface area (Å²) in [7, 11) is -1.31. The maximum Gasteiger partial charge on any atom is 0.246 e. The second-order valence-corrected chi connectivity index (χ2v) is 9.46. The van der Waals surface area contributed by atoms with Crippen LogP contribution in [0.25, 0.3) is 6.08 Å². The van der Waals surface area contributed by atoms with Crippen LogP contribution in [-0.2, 0) is 21.2 Å². The van der Waals surface area contributed by atoms with Crippen molar-refractivity contribution >= 4 is 21.8 Å². The summed E-state index contributed by atoms with van der Waals surface area (Å²) in [5, 5.41) is 4.53. The Kier molecular flexibility index (Phi) is 5.69. The Morgan fingerprint density at radius 3 is 2.79 bits per heavy atom. The molecular weight excluding hydrogens is 381 g/mol. The number of hydrogen-bond donors (Lipinski definition) is 0. The zero-order valence-corrected chi connectivity index (χ0v) is 17.0. The Bertz CT molecular complexity index is 1030. The van der Waals surface area contributed by atoms with E-state index in [0.717, 1.165) is 17.0 Å². The normalized spacial score (nSPS) is 18.6. The van der Waals surface area contributed by atoms with E-state index in [0.29, 0.717) is 18.5 Å². The number of benzene rings is 1. The van der Waals surface area contributed by atoms with Crippen molar-refractivity contribution in [2.24, 2.45) is 0 Å². The standard InChI is InChI=1S/C20H24FN3O3S/c1-14-19(15(2)24(22-14)18-9-10-28(26,27)13-18)12-23(3)20(25)8-7-16-5-4-6-17(21)11-16/h4-8,11,18H,9-10,12-13H2,1-3H3/b8-7+/t18-/m0/s1. The molecule has 1 aliphatic heterocycles. The molecule has 2 aromatic rings. The van der Waals surface area contributed by atoms with Gasteiger partial charge in [-0.3, -0.25) is 9.48 Å². The van der Waals surface area contributed by atoms with Crippen LogP contribution in [0, 0.1) is 19.7 Å². The number of halogens is 1. The summed E-state index contributed by atoms with van der Waals surface area (Å²) < 4.78 is 38.6. The first-order valence-corrected chi connectivity index (χ1v) is 10.9. The van der Waals surface area contributed by atoms with E-state index in [1.807, 2.05) is 13.8 Å². The van der Waals surface area contributed by atoms with Crippen molar-refractivity contribution < 1.29 is 17.6 Å². The minimum Gasteiger partial charge on any atom is -0.338 e. The van der Waals surface area contributed by atoms with Crippen LogP contribution in [0.5, 0.6) is 0 Å². The predicted molar refractivity (Wildman–Crippen MR) is 106 cm³/mol. The molecule has 0 saturated carbocycles. The number of aryl methyl sites for hydroxylation is 1. The van der Waals surface area contributed by atoms with E-state index >= 15 is 0 Å². The van der Waals surface area contributed by atoms with E-state index in [1.165, 1.54) is 18.2 Å². The average Bonchev–Trinajstić information content (AvgIpc) is 3.13. The van der Waals surface area contributed by atoms with Crippen molar-refractivity contribution in [3.63, 3.8) is 0 Å². The first-order chi connectivity index (χ1) is 13.2. The molecule has 28 heavy (non-hydrogen) atoms. The van der Waals surface area contributed by atoms with E-state index in [4.69, 9.17) is 0 Å². The molecule has 1 fully saturated rings. The number of aromatic nitrogens is 2. The molecule has 1 atom stereocenters. The number of hydrogen-bond acceptors (Lipinski definition) is 4. The van der Waals surface area contributed by atoms with Crippen LogP contribution >= 0.6 is 0 Å². The minimum absolute atomic E-state index is 0.111. The fourth-order valence-corrected chi connectivity index (χ4v) is 5.16. The Morgan fingerprint density at radius 1 is 1.39 bits per heavy atom. The van der Waals surface area contributed by atoms with Gasteiger partial charge in [0.1, 0.15) is 5.82 Å². The van der Waals surface area contributed by atoms with Crippen LogP contribution < -0.4 is 0 Å². The van der Waals surface area contributed by atoms with Crippen molar-refractivity contribution in [1.29, 1.82) is 0 Å². The molecule has 0 radical (unpaired) electrons. The number of likely N-dealkylation sites (N-methyl/N-ethyl adjacent to an activating group) is 1. The molecule has 0 unspecified atom stereocenters. The Balaban J connectivity index is 1.71. The van der Waals surface area contributed by atoms with Gasteiger partial charge in [0.25, 0.3) is 0 Å². The van der Waals surface area contributed by atoms with Crippen molar-refractivity contribution in [3.05, 3.63) is 58.7 Å². The number of sulfone groups is 1. The molecule has 1 amide bonds. The van der Waals surface area contributed by atoms with Crippen LogP contribution in [0.1, 0.15) is 35.0 Å². The third-order valence-corrected chi connectivity index (χ3v) is 6.82. The minimum atomic E-state index is -3.00. The molecular formula is C20H24FN3O3S. The zero-order chi connectivity index (χ0) is 20.5. The van der Waals surface area contributed by atoms with Crippen molar-refractivity contribution in [1.82, 2.24) is 14.7 Å². The lowest BCUT2D eigenvalue weighted by Gasteiger charge is -2.16. The lowest BCUT2D eigenvalue weighted by molar-refractivity contribution is -0.125. The van der Waals surface area contributed by atoms with E-state index in [2.05, 4.69) is 5.10 Å². The molecule has 0 N–H and O–H groups in total. The van der Waals surface area contributed by atoms with Crippen molar-refractivity contribution in [3.8, 4) is 0 Å². The highest BCUT2D eigenvalue weighted by Gasteiger charge is 2.31. The van der Waals surface area contributed by atoms with Gasteiger partial charge in [-0.1, -0.05) is 12.1 Å². The van der Waals surface area contributed by atoms with Crippen LogP contribution in [0.15, 0.2) is 30.3 Å². The highest BCUT2D eigenvalue weighted by atomic mass is 32.2. The first-order valence-electron chi connectivity index (χ1n) is 9.10. The van der Waals surface area contributed by atoms with Gasteiger partial charge in [0.2, 0.25) is 5.91 Å². The summed E-state index contributed by atoms with van der Waals surface area (Å²) in [6.45, 7) is 4.13. The topological polar surface area (TPSA) is 72.3 Å². The number of amides is 1. The number of carbonyl (C=O) groups is 1. The van der Waals surface area contributed by atoms with E-state index in [-0.39, 0.29) is 29.3 Å². The average molecular weight is 405 g/mol. The molecule has 1 aliphatic rings. The molecule has 1 aromatic carbocycles. The summed E-state index contributed by atoms with van der Waals surface area (Å²) in [6.07, 6.45) is 3.55. The number of carbonyl (C=O) groups excluding carboxylic acids is 1. The van der Waals surface area contributed by atoms with Crippen LogP contribution in [0.2, 0.25) is 0 Å². The van der Waals surface area contributed by atoms with E-state index < -0.39 is 9.84 Å². The zero-order valence-electron chi connectivity index (χ0n) is 16.2. The van der Waals surface area contributed by atoms with E-state index in [1.54, 1.807) is 34.8 Å². The fourth-order valence-electron chi connectivity index (χ4n) is 3.47. The fraction of sp³-hybridized carbons (Fsp3) is 0.400. The van der Waals surface area contributed by atoms with Gasteiger partial charge in [0.15, 0.2) is 9.84 Å². The van der Waals surface area contributed by atoms with E-state index in [9.17, 15) is 17.6 Å². The van der Waals surface area contributed by atoms with Crippen LogP contribution in [0.4, 0.5) is 4.39 Å². The van der Waals surface area contributed by atoms with Gasteiger partial charge in [-0.05, 0) is 44.0 Å². The summed E-state index contributed by atoms with van der Waals surface area (Å²) in [6, 6.07) is 5.88. The Morgan fingerprint density at radius 2 is 2.14 bits per heavy atom. The van der Waals surface area contributed by atoms with Gasteiger partial charge in [0, 0.05) is 30.9 Å². The molecule has 0 aliphatic carbocycles. The molecule has 8 heteroatoms. The summed E-state index contributed by atoms with van der Waals surface area (Å²) in [4.78, 5) is 14.0.